The lowest BCUT2D eigenvalue weighted by molar-refractivity contribution is -0.181. The van der Waals surface area contributed by atoms with Crippen molar-refractivity contribution in [1.29, 1.82) is 0 Å². The molecule has 1 fully saturated rings. The SMILES string of the molecule is CC(C)CCO[C@@H]1[C@@H](C)[C@H]2[C@@H]3C(=O)C(Cl)(Cl)C(=O)[C@H](C)C(=O)O[C@@H](C)/C=C/C=C\[C@@H](C)[C@@H]3C=C[C@@H]2C[C@@]1(C)O. The number of ketones is 2. The third-order valence-corrected chi connectivity index (χ3v) is 9.47. The van der Waals surface area contributed by atoms with Crippen molar-refractivity contribution in [1.82, 2.24) is 0 Å². The molecule has 10 atom stereocenters. The lowest BCUT2D eigenvalue weighted by atomic mass is 9.54. The van der Waals surface area contributed by atoms with Crippen LogP contribution in [0.4, 0.5) is 0 Å². The number of carbonyl (C=O) groups excluding carboxylic acids is 3. The van der Waals surface area contributed by atoms with E-state index in [-0.39, 0.29) is 29.6 Å². The predicted molar refractivity (Wildman–Crippen MR) is 153 cm³/mol. The Morgan fingerprint density at radius 2 is 1.67 bits per heavy atom. The van der Waals surface area contributed by atoms with Gasteiger partial charge in [0.15, 0.2) is 11.6 Å². The van der Waals surface area contributed by atoms with E-state index in [1.807, 2.05) is 32.1 Å². The Bertz CT molecular complexity index is 1010. The first-order chi connectivity index (χ1) is 18.1. The molecule has 0 bridgehead atoms. The molecule has 0 amide bonds. The van der Waals surface area contributed by atoms with Gasteiger partial charge in [0.25, 0.3) is 0 Å². The van der Waals surface area contributed by atoms with E-state index < -0.39 is 51.5 Å². The molecule has 0 radical (unpaired) electrons. The van der Waals surface area contributed by atoms with Gasteiger partial charge in [-0.15, -0.1) is 0 Å². The second kappa shape index (κ2) is 12.6. The van der Waals surface area contributed by atoms with Crippen molar-refractivity contribution < 1.29 is 29.0 Å². The van der Waals surface area contributed by atoms with Gasteiger partial charge in [-0.2, -0.15) is 0 Å². The van der Waals surface area contributed by atoms with E-state index in [9.17, 15) is 19.5 Å². The third-order valence-electron chi connectivity index (χ3n) is 8.73. The van der Waals surface area contributed by atoms with E-state index in [4.69, 9.17) is 32.7 Å². The average Bonchev–Trinajstić information content (AvgIpc) is 2.85. The van der Waals surface area contributed by atoms with Crippen LogP contribution in [0.15, 0.2) is 36.5 Å². The van der Waals surface area contributed by atoms with Gasteiger partial charge in [-0.25, -0.2) is 0 Å². The van der Waals surface area contributed by atoms with Crippen molar-refractivity contribution in [3.63, 3.8) is 0 Å². The van der Waals surface area contributed by atoms with Gasteiger partial charge in [-0.05, 0) is 75.2 Å². The first-order valence-electron chi connectivity index (χ1n) is 14.1. The zero-order valence-electron chi connectivity index (χ0n) is 24.1. The predicted octanol–water partition coefficient (Wildman–Crippen LogP) is 5.89. The highest BCUT2D eigenvalue weighted by Gasteiger charge is 2.59. The summed E-state index contributed by atoms with van der Waals surface area (Å²) in [5, 5.41) is 11.4. The van der Waals surface area contributed by atoms with E-state index in [2.05, 4.69) is 19.9 Å². The fourth-order valence-corrected chi connectivity index (χ4v) is 7.14. The number of halogens is 2. The Morgan fingerprint density at radius 1 is 1.03 bits per heavy atom. The summed E-state index contributed by atoms with van der Waals surface area (Å²) in [6.45, 7) is 13.6. The number of rotatable bonds is 4. The van der Waals surface area contributed by atoms with Crippen molar-refractivity contribution in [2.45, 2.75) is 83.5 Å². The Labute approximate surface area is 243 Å². The number of hydrogen-bond donors (Lipinski definition) is 1. The molecule has 8 heteroatoms. The minimum absolute atomic E-state index is 0.0896. The smallest absolute Gasteiger partial charge is 0.316 e. The Morgan fingerprint density at radius 3 is 2.31 bits per heavy atom. The summed E-state index contributed by atoms with van der Waals surface area (Å²) in [4.78, 5) is 40.4. The van der Waals surface area contributed by atoms with Crippen molar-refractivity contribution >= 4 is 40.7 Å². The lowest BCUT2D eigenvalue weighted by Crippen LogP contribution is -2.60. The number of fused-ring (bicyclic) bond motifs is 3. The Kier molecular flexibility index (Phi) is 10.3. The molecule has 0 unspecified atom stereocenters. The molecule has 1 saturated carbocycles. The quantitative estimate of drug-likeness (QED) is 0.192. The molecule has 3 rings (SSSR count). The highest BCUT2D eigenvalue weighted by molar-refractivity contribution is 6.68. The molecule has 0 aromatic carbocycles. The Balaban J connectivity index is 2.09. The van der Waals surface area contributed by atoms with Gasteiger partial charge in [0.2, 0.25) is 4.33 Å². The molecule has 1 N–H and O–H groups in total. The first-order valence-corrected chi connectivity index (χ1v) is 14.9. The summed E-state index contributed by atoms with van der Waals surface area (Å²) < 4.78 is 9.23. The highest BCUT2D eigenvalue weighted by Crippen LogP contribution is 2.53. The van der Waals surface area contributed by atoms with E-state index in [1.165, 1.54) is 6.92 Å². The molecule has 6 nitrogen and oxygen atoms in total. The maximum Gasteiger partial charge on any atom is 0.316 e. The molecule has 0 saturated heterocycles. The van der Waals surface area contributed by atoms with Crippen LogP contribution in [-0.4, -0.2) is 51.4 Å². The van der Waals surface area contributed by atoms with Crippen LogP contribution in [-0.2, 0) is 23.9 Å². The van der Waals surface area contributed by atoms with E-state index in [0.29, 0.717) is 18.9 Å². The standard InChI is InChI=1S/C31H44Cl2O6/c1-17(2)14-15-38-28-20(5)24-22(16-30(28,7)37)12-13-23-18(3)10-8-9-11-19(4)39-29(36)21(6)26(34)31(32,33)27(35)25(23)24/h8-13,17-25,28,37H,14-16H2,1-7H3/b10-8-,11-9+/t18-,19+,20+,21+,22-,23+,24-,25-,28-,30-/m1/s1. The molecule has 2 aliphatic carbocycles. The number of cyclic esters (lactones) is 1. The van der Waals surface area contributed by atoms with Gasteiger partial charge in [0.05, 0.1) is 11.7 Å². The molecule has 1 aliphatic heterocycles. The van der Waals surface area contributed by atoms with E-state index in [1.54, 1.807) is 26.0 Å². The second-order valence-electron chi connectivity index (χ2n) is 12.4. The van der Waals surface area contributed by atoms with Crippen LogP contribution in [0.1, 0.15) is 61.3 Å². The summed E-state index contributed by atoms with van der Waals surface area (Å²) in [5.41, 5.74) is -1.10. The van der Waals surface area contributed by atoms with Crippen LogP contribution in [0, 0.1) is 47.3 Å². The summed E-state index contributed by atoms with van der Waals surface area (Å²) in [6, 6.07) is 0. The summed E-state index contributed by atoms with van der Waals surface area (Å²) in [7, 11) is 0. The third kappa shape index (κ3) is 6.89. The van der Waals surface area contributed by atoms with Crippen molar-refractivity contribution in [3.8, 4) is 0 Å². The maximum atomic E-state index is 14.3. The number of aliphatic hydroxyl groups is 1. The van der Waals surface area contributed by atoms with Crippen molar-refractivity contribution in [3.05, 3.63) is 36.5 Å². The molecular formula is C31H44Cl2O6. The molecule has 0 aromatic rings. The van der Waals surface area contributed by atoms with Crippen molar-refractivity contribution in [2.75, 3.05) is 6.61 Å². The molecule has 218 valence electrons. The summed E-state index contributed by atoms with van der Waals surface area (Å²) >= 11 is 13.2. The van der Waals surface area contributed by atoms with Crippen LogP contribution in [0.2, 0.25) is 0 Å². The minimum Gasteiger partial charge on any atom is -0.458 e. The fraction of sp³-hybridized carbons (Fsp3) is 0.710. The summed E-state index contributed by atoms with van der Waals surface area (Å²) in [5.74, 6) is -4.92. The van der Waals surface area contributed by atoms with E-state index >= 15 is 0 Å². The fourth-order valence-electron chi connectivity index (χ4n) is 6.56. The highest BCUT2D eigenvalue weighted by atomic mass is 35.5. The zero-order chi connectivity index (χ0) is 29.3. The second-order valence-corrected chi connectivity index (χ2v) is 13.7. The Hall–Kier alpha value is -1.47. The monoisotopic (exact) mass is 582 g/mol. The minimum atomic E-state index is -2.43. The number of ether oxygens (including phenoxy) is 2. The number of hydrogen-bond acceptors (Lipinski definition) is 6. The number of allylic oxidation sites excluding steroid dienone is 5. The van der Waals surface area contributed by atoms with Crippen molar-refractivity contribution in [2.24, 2.45) is 47.3 Å². The molecule has 1 heterocycles. The van der Waals surface area contributed by atoms with Gasteiger partial charge in [-0.3, -0.25) is 14.4 Å². The number of Topliss-reactive ketones (excluding diaryl/α,β-unsaturated/α-hetero) is 2. The average molecular weight is 584 g/mol. The normalized spacial score (nSPS) is 42.7. The van der Waals surface area contributed by atoms with Gasteiger partial charge in [0.1, 0.15) is 12.0 Å². The summed E-state index contributed by atoms with van der Waals surface area (Å²) in [6.07, 6.45) is 11.6. The first kappa shape index (κ1) is 32.0. The van der Waals surface area contributed by atoms with Crippen LogP contribution in [0.3, 0.4) is 0 Å². The van der Waals surface area contributed by atoms with Crippen LogP contribution < -0.4 is 0 Å². The lowest BCUT2D eigenvalue weighted by Gasteiger charge is -2.54. The largest absolute Gasteiger partial charge is 0.458 e. The topological polar surface area (TPSA) is 89.9 Å². The maximum absolute atomic E-state index is 14.3. The number of carbonyl (C=O) groups is 3. The van der Waals surface area contributed by atoms with Gasteiger partial charge < -0.3 is 14.6 Å². The van der Waals surface area contributed by atoms with Crippen LogP contribution in [0.25, 0.3) is 0 Å². The molecular weight excluding hydrogens is 539 g/mol. The van der Waals surface area contributed by atoms with E-state index in [0.717, 1.165) is 6.42 Å². The van der Waals surface area contributed by atoms with Crippen LogP contribution in [0.5, 0.6) is 0 Å². The van der Waals surface area contributed by atoms with Gasteiger partial charge in [-0.1, -0.05) is 81.3 Å². The van der Waals surface area contributed by atoms with Gasteiger partial charge in [0, 0.05) is 12.5 Å². The number of alkyl halides is 2. The number of esters is 1. The molecule has 0 spiro atoms. The molecule has 39 heavy (non-hydrogen) atoms. The van der Waals surface area contributed by atoms with Gasteiger partial charge >= 0.3 is 5.97 Å². The molecule has 0 aromatic heterocycles. The van der Waals surface area contributed by atoms with Crippen LogP contribution >= 0.6 is 23.2 Å². The zero-order valence-corrected chi connectivity index (χ0v) is 25.6. The molecule has 3 aliphatic rings.